The first-order valence-electron chi connectivity index (χ1n) is 10.8. The molecule has 5 rings (SSSR count). The predicted molar refractivity (Wildman–Crippen MR) is 133 cm³/mol. The second-order valence-corrected chi connectivity index (χ2v) is 9.57. The zero-order chi connectivity index (χ0) is 23.1. The Morgan fingerprint density at radius 1 is 1.09 bits per heavy atom. The van der Waals surface area contributed by atoms with E-state index in [0.717, 1.165) is 39.9 Å². The van der Waals surface area contributed by atoms with E-state index in [1.165, 1.54) is 15.9 Å². The first-order chi connectivity index (χ1) is 16.0. The highest BCUT2D eigenvalue weighted by molar-refractivity contribution is 9.10. The third-order valence-electron chi connectivity index (χ3n) is 5.56. The minimum absolute atomic E-state index is 0.175. The first kappa shape index (κ1) is 21.8. The number of nitrogens with zero attached hydrogens (tertiary/aromatic N) is 4. The first-order valence-corrected chi connectivity index (χ1v) is 12.4. The van der Waals surface area contributed by atoms with Gasteiger partial charge in [0.1, 0.15) is 10.3 Å². The Labute approximate surface area is 202 Å². The SMILES string of the molecule is CCCCOc1ccc(-c2nc3sc(=C4C(=O)N(CC)c5ccc(Br)cc54)c(=O)n3n2)cc1. The lowest BCUT2D eigenvalue weighted by atomic mass is 10.1. The molecule has 33 heavy (non-hydrogen) atoms. The van der Waals surface area contributed by atoms with Crippen molar-refractivity contribution >= 4 is 49.4 Å². The van der Waals surface area contributed by atoms with Crippen LogP contribution in [0.25, 0.3) is 21.9 Å². The summed E-state index contributed by atoms with van der Waals surface area (Å²) in [7, 11) is 0. The minimum atomic E-state index is -0.333. The Hall–Kier alpha value is -3.04. The topological polar surface area (TPSA) is 76.8 Å². The highest BCUT2D eigenvalue weighted by Gasteiger charge is 2.33. The molecule has 1 aliphatic heterocycles. The molecule has 0 atom stereocenters. The lowest BCUT2D eigenvalue weighted by Crippen LogP contribution is -2.32. The molecule has 0 spiro atoms. The van der Waals surface area contributed by atoms with Crippen molar-refractivity contribution in [3.8, 4) is 17.1 Å². The number of hydrogen-bond acceptors (Lipinski definition) is 6. The number of fused-ring (bicyclic) bond motifs is 2. The monoisotopic (exact) mass is 524 g/mol. The number of anilines is 1. The van der Waals surface area contributed by atoms with Crippen LogP contribution in [0.5, 0.6) is 5.75 Å². The van der Waals surface area contributed by atoms with E-state index in [2.05, 4.69) is 32.9 Å². The number of carbonyl (C=O) groups excluding carboxylic acids is 1. The van der Waals surface area contributed by atoms with Gasteiger partial charge >= 0.3 is 0 Å². The van der Waals surface area contributed by atoms with Gasteiger partial charge in [-0.3, -0.25) is 9.59 Å². The van der Waals surface area contributed by atoms with Crippen LogP contribution in [0.3, 0.4) is 0 Å². The number of ether oxygens (including phenoxy) is 1. The summed E-state index contributed by atoms with van der Waals surface area (Å²) in [5.41, 5.74) is 2.43. The van der Waals surface area contributed by atoms with Crippen molar-refractivity contribution in [3.05, 3.63) is 67.4 Å². The molecule has 2 aromatic heterocycles. The van der Waals surface area contributed by atoms with Crippen LogP contribution in [-0.4, -0.2) is 33.7 Å². The Balaban J connectivity index is 1.56. The molecular weight excluding hydrogens is 504 g/mol. The average Bonchev–Trinajstić information content (AvgIpc) is 3.44. The molecule has 0 aliphatic carbocycles. The molecule has 2 aromatic carbocycles. The molecule has 1 amide bonds. The summed E-state index contributed by atoms with van der Waals surface area (Å²) in [5, 5.41) is 4.43. The van der Waals surface area contributed by atoms with Gasteiger partial charge in [-0.05, 0) is 55.8 Å². The molecule has 1 aliphatic rings. The van der Waals surface area contributed by atoms with Crippen molar-refractivity contribution < 1.29 is 9.53 Å². The summed E-state index contributed by atoms with van der Waals surface area (Å²) in [6.07, 6.45) is 2.09. The van der Waals surface area contributed by atoms with Crippen LogP contribution >= 0.6 is 27.3 Å². The number of hydrogen-bond donors (Lipinski definition) is 0. The molecule has 0 N–H and O–H groups in total. The van der Waals surface area contributed by atoms with E-state index in [0.29, 0.717) is 34.0 Å². The van der Waals surface area contributed by atoms with Crippen LogP contribution in [0.4, 0.5) is 5.69 Å². The van der Waals surface area contributed by atoms with Gasteiger partial charge in [-0.1, -0.05) is 40.6 Å². The van der Waals surface area contributed by atoms with Crippen LogP contribution in [0.15, 0.2) is 51.7 Å². The van der Waals surface area contributed by atoms with Crippen molar-refractivity contribution in [1.29, 1.82) is 0 Å². The van der Waals surface area contributed by atoms with Crippen molar-refractivity contribution in [1.82, 2.24) is 14.6 Å². The summed E-state index contributed by atoms with van der Waals surface area (Å²) in [5.74, 6) is 1.08. The maximum absolute atomic E-state index is 13.2. The average molecular weight is 525 g/mol. The number of aromatic nitrogens is 3. The summed E-state index contributed by atoms with van der Waals surface area (Å²) >= 11 is 4.66. The molecule has 0 saturated heterocycles. The van der Waals surface area contributed by atoms with E-state index in [-0.39, 0.29) is 11.5 Å². The third kappa shape index (κ3) is 3.75. The number of rotatable bonds is 6. The van der Waals surface area contributed by atoms with E-state index in [9.17, 15) is 9.59 Å². The van der Waals surface area contributed by atoms with Gasteiger partial charge in [-0.2, -0.15) is 9.50 Å². The molecule has 168 valence electrons. The lowest BCUT2D eigenvalue weighted by Gasteiger charge is -2.13. The second kappa shape index (κ2) is 8.72. The van der Waals surface area contributed by atoms with E-state index >= 15 is 0 Å². The third-order valence-corrected chi connectivity index (χ3v) is 7.08. The van der Waals surface area contributed by atoms with Gasteiger partial charge in [0.05, 0.1) is 17.9 Å². The van der Waals surface area contributed by atoms with E-state index in [4.69, 9.17) is 4.74 Å². The van der Waals surface area contributed by atoms with Gasteiger partial charge in [-0.25, -0.2) is 0 Å². The molecule has 0 saturated carbocycles. The fourth-order valence-corrected chi connectivity index (χ4v) is 5.24. The van der Waals surface area contributed by atoms with Gasteiger partial charge in [0.25, 0.3) is 11.5 Å². The molecule has 4 aromatic rings. The minimum Gasteiger partial charge on any atom is -0.494 e. The van der Waals surface area contributed by atoms with Crippen LogP contribution in [0.2, 0.25) is 0 Å². The normalized spacial score (nSPS) is 14.9. The van der Waals surface area contributed by atoms with Crippen LogP contribution in [0, 0.1) is 0 Å². The molecule has 0 unspecified atom stereocenters. The molecular formula is C24H21BrN4O3S. The zero-order valence-corrected chi connectivity index (χ0v) is 20.6. The summed E-state index contributed by atoms with van der Waals surface area (Å²) < 4.78 is 8.19. The number of thiazole rings is 1. The number of benzene rings is 2. The van der Waals surface area contributed by atoms with Gasteiger partial charge < -0.3 is 9.64 Å². The zero-order valence-electron chi connectivity index (χ0n) is 18.2. The number of halogens is 1. The van der Waals surface area contributed by atoms with E-state index < -0.39 is 0 Å². The Kier molecular flexibility index (Phi) is 5.76. The molecule has 9 heteroatoms. The smallest absolute Gasteiger partial charge is 0.291 e. The summed E-state index contributed by atoms with van der Waals surface area (Å²) in [4.78, 5) is 33.1. The predicted octanol–water partition coefficient (Wildman–Crippen LogP) is 4.04. The standard InChI is InChI=1S/C24H21BrN4O3S/c1-3-5-12-32-16-9-6-14(7-10-16)21-26-24-29(27-21)23(31)20(33-24)19-17-13-15(25)8-11-18(17)28(4-2)22(19)30/h6-11,13H,3-5,12H2,1-2H3. The molecule has 0 bridgehead atoms. The number of amides is 1. The fraction of sp³-hybridized carbons (Fsp3) is 0.250. The molecule has 7 nitrogen and oxygen atoms in total. The number of likely N-dealkylation sites (N-methyl/N-ethyl adjacent to an activating group) is 1. The fourth-order valence-electron chi connectivity index (χ4n) is 3.88. The van der Waals surface area contributed by atoms with Gasteiger partial charge in [0, 0.05) is 22.1 Å². The lowest BCUT2D eigenvalue weighted by molar-refractivity contribution is -0.113. The Morgan fingerprint density at radius 3 is 2.58 bits per heavy atom. The van der Waals surface area contributed by atoms with Crippen molar-refractivity contribution in [2.24, 2.45) is 0 Å². The molecule has 3 heterocycles. The van der Waals surface area contributed by atoms with E-state index in [1.807, 2.05) is 49.4 Å². The maximum Gasteiger partial charge on any atom is 0.291 e. The van der Waals surface area contributed by atoms with Crippen molar-refractivity contribution in [3.63, 3.8) is 0 Å². The van der Waals surface area contributed by atoms with Crippen molar-refractivity contribution in [2.75, 3.05) is 18.1 Å². The number of carbonyl (C=O) groups is 1. The van der Waals surface area contributed by atoms with E-state index in [1.54, 1.807) is 4.90 Å². The van der Waals surface area contributed by atoms with Gasteiger partial charge in [0.2, 0.25) is 4.96 Å². The number of unbranched alkanes of at least 4 members (excludes halogenated alkanes) is 1. The Bertz CT molecular complexity index is 1480. The summed E-state index contributed by atoms with van der Waals surface area (Å²) in [6.45, 7) is 5.24. The van der Waals surface area contributed by atoms with Crippen LogP contribution in [0.1, 0.15) is 32.3 Å². The van der Waals surface area contributed by atoms with Gasteiger partial charge in [-0.15, -0.1) is 5.10 Å². The Morgan fingerprint density at radius 2 is 1.88 bits per heavy atom. The maximum atomic E-state index is 13.2. The highest BCUT2D eigenvalue weighted by Crippen LogP contribution is 2.37. The van der Waals surface area contributed by atoms with Crippen molar-refractivity contribution in [2.45, 2.75) is 26.7 Å². The largest absolute Gasteiger partial charge is 0.494 e. The highest BCUT2D eigenvalue weighted by atomic mass is 79.9. The van der Waals surface area contributed by atoms with Crippen LogP contribution < -0.4 is 19.7 Å². The molecule has 0 radical (unpaired) electrons. The second-order valence-electron chi connectivity index (χ2n) is 7.68. The quantitative estimate of drug-likeness (QED) is 0.355. The van der Waals surface area contributed by atoms with Gasteiger partial charge in [0.15, 0.2) is 5.82 Å². The molecule has 0 fully saturated rings. The van der Waals surface area contributed by atoms with Crippen LogP contribution in [-0.2, 0) is 4.79 Å². The summed E-state index contributed by atoms with van der Waals surface area (Å²) in [6, 6.07) is 13.2.